The highest BCUT2D eigenvalue weighted by Gasteiger charge is 2.08. The van der Waals surface area contributed by atoms with Crippen molar-refractivity contribution in [3.05, 3.63) is 33.4 Å². The average molecular weight is 338 g/mol. The molecule has 82 valence electrons. The third-order valence-corrected chi connectivity index (χ3v) is 2.90. The van der Waals surface area contributed by atoms with E-state index in [4.69, 9.17) is 11.6 Å². The Hall–Kier alpha value is -0.290. The molecule has 2 nitrogen and oxygen atoms in total. The molecule has 1 amide bonds. The van der Waals surface area contributed by atoms with Crippen molar-refractivity contribution in [1.82, 2.24) is 5.32 Å². The van der Waals surface area contributed by atoms with Gasteiger partial charge in [0, 0.05) is 21.1 Å². The van der Waals surface area contributed by atoms with E-state index in [1.165, 1.54) is 0 Å². The summed E-state index contributed by atoms with van der Waals surface area (Å²) >= 11 is 7.79. The molecule has 0 saturated carbocycles. The first-order valence-corrected chi connectivity index (χ1v) is 6.37. The summed E-state index contributed by atoms with van der Waals surface area (Å²) in [4.78, 5) is 11.7. The van der Waals surface area contributed by atoms with Gasteiger partial charge in [0.1, 0.15) is 0 Å². The maximum atomic E-state index is 11.7. The Morgan fingerprint density at radius 1 is 1.60 bits per heavy atom. The van der Waals surface area contributed by atoms with Crippen molar-refractivity contribution in [3.63, 3.8) is 0 Å². The summed E-state index contributed by atoms with van der Waals surface area (Å²) in [5, 5.41) is 2.90. The van der Waals surface area contributed by atoms with Crippen LogP contribution in [-0.4, -0.2) is 17.8 Å². The fourth-order valence-corrected chi connectivity index (χ4v) is 2.04. The van der Waals surface area contributed by atoms with Gasteiger partial charge >= 0.3 is 0 Å². The van der Waals surface area contributed by atoms with E-state index >= 15 is 0 Å². The van der Waals surface area contributed by atoms with Gasteiger partial charge in [0.2, 0.25) is 0 Å². The molecule has 0 bridgehead atoms. The monoisotopic (exact) mass is 337 g/mol. The van der Waals surface area contributed by atoms with Gasteiger partial charge in [-0.25, -0.2) is 0 Å². The highest BCUT2D eigenvalue weighted by molar-refractivity contribution is 14.1. The fourth-order valence-electron chi connectivity index (χ4n) is 1.17. The number of benzene rings is 1. The van der Waals surface area contributed by atoms with Gasteiger partial charge in [0.05, 0.1) is 0 Å². The maximum Gasteiger partial charge on any atom is 0.251 e. The van der Waals surface area contributed by atoms with Crippen LogP contribution in [0, 0.1) is 3.57 Å². The van der Waals surface area contributed by atoms with E-state index in [0.717, 1.165) is 9.99 Å². The molecule has 0 heterocycles. The van der Waals surface area contributed by atoms with E-state index in [1.54, 1.807) is 0 Å². The number of halogens is 2. The Morgan fingerprint density at radius 3 is 2.93 bits per heavy atom. The molecule has 0 spiro atoms. The third kappa shape index (κ3) is 4.38. The molecule has 1 rings (SSSR count). The smallest absolute Gasteiger partial charge is 0.251 e. The van der Waals surface area contributed by atoms with E-state index < -0.39 is 0 Å². The quantitative estimate of drug-likeness (QED) is 0.664. The number of nitrogens with one attached hydrogen (secondary N) is 1. The second-order valence-electron chi connectivity index (χ2n) is 3.36. The van der Waals surface area contributed by atoms with Crippen LogP contribution in [0.15, 0.2) is 24.3 Å². The summed E-state index contributed by atoms with van der Waals surface area (Å²) in [6.45, 7) is 1.95. The van der Waals surface area contributed by atoms with Crippen molar-refractivity contribution in [2.24, 2.45) is 0 Å². The minimum Gasteiger partial charge on any atom is -0.350 e. The van der Waals surface area contributed by atoms with Crippen molar-refractivity contribution in [2.75, 3.05) is 5.88 Å². The lowest BCUT2D eigenvalue weighted by Gasteiger charge is -2.12. The lowest BCUT2D eigenvalue weighted by Crippen LogP contribution is -2.32. The standard InChI is InChI=1S/C11H13ClINO/c1-8(5-6-12)14-11(15)9-3-2-4-10(13)7-9/h2-4,7-8H,5-6H2,1H3,(H,14,15). The van der Waals surface area contributed by atoms with Crippen LogP contribution in [0.3, 0.4) is 0 Å². The molecular formula is C11H13ClINO. The van der Waals surface area contributed by atoms with Gasteiger partial charge < -0.3 is 5.32 Å². The molecule has 0 saturated heterocycles. The van der Waals surface area contributed by atoms with Crippen LogP contribution in [0.1, 0.15) is 23.7 Å². The fraction of sp³-hybridized carbons (Fsp3) is 0.364. The van der Waals surface area contributed by atoms with Gasteiger partial charge in [-0.15, -0.1) is 11.6 Å². The minimum atomic E-state index is -0.0360. The second-order valence-corrected chi connectivity index (χ2v) is 4.99. The Bertz CT molecular complexity index is 343. The molecule has 1 aromatic rings. The molecule has 0 aliphatic heterocycles. The molecule has 0 radical (unpaired) electrons. The Balaban J connectivity index is 2.61. The van der Waals surface area contributed by atoms with Gasteiger partial charge in [-0.1, -0.05) is 6.07 Å². The number of rotatable bonds is 4. The lowest BCUT2D eigenvalue weighted by molar-refractivity contribution is 0.0939. The second kappa shape index (κ2) is 6.33. The Kier molecular flexibility index (Phi) is 5.39. The Morgan fingerprint density at radius 2 is 2.33 bits per heavy atom. The van der Waals surface area contributed by atoms with Crippen LogP contribution in [-0.2, 0) is 0 Å². The predicted molar refractivity (Wildman–Crippen MR) is 71.4 cm³/mol. The van der Waals surface area contributed by atoms with Crippen LogP contribution < -0.4 is 5.32 Å². The summed E-state index contributed by atoms with van der Waals surface area (Å²) in [7, 11) is 0. The number of carbonyl (C=O) groups is 1. The number of alkyl halides is 1. The zero-order chi connectivity index (χ0) is 11.3. The van der Waals surface area contributed by atoms with E-state index in [-0.39, 0.29) is 11.9 Å². The molecule has 1 aromatic carbocycles. The summed E-state index contributed by atoms with van der Waals surface area (Å²) in [5.74, 6) is 0.527. The lowest BCUT2D eigenvalue weighted by atomic mass is 10.2. The van der Waals surface area contributed by atoms with E-state index in [0.29, 0.717) is 11.4 Å². The summed E-state index contributed by atoms with van der Waals surface area (Å²) < 4.78 is 1.06. The molecule has 4 heteroatoms. The SMILES string of the molecule is CC(CCCl)NC(=O)c1cccc(I)c1. The normalized spacial score (nSPS) is 12.2. The zero-order valence-corrected chi connectivity index (χ0v) is 11.4. The molecule has 15 heavy (non-hydrogen) atoms. The van der Waals surface area contributed by atoms with Crippen molar-refractivity contribution in [2.45, 2.75) is 19.4 Å². The minimum absolute atomic E-state index is 0.0360. The molecule has 0 aliphatic carbocycles. The zero-order valence-electron chi connectivity index (χ0n) is 8.47. The molecule has 1 unspecified atom stereocenters. The van der Waals surface area contributed by atoms with Gasteiger partial charge in [-0.2, -0.15) is 0 Å². The third-order valence-electron chi connectivity index (χ3n) is 2.01. The first kappa shape index (κ1) is 12.8. The largest absolute Gasteiger partial charge is 0.350 e. The van der Waals surface area contributed by atoms with Crippen molar-refractivity contribution in [3.8, 4) is 0 Å². The number of hydrogen-bond acceptors (Lipinski definition) is 1. The van der Waals surface area contributed by atoms with Gasteiger partial charge in [0.25, 0.3) is 5.91 Å². The van der Waals surface area contributed by atoms with Crippen LogP contribution >= 0.6 is 34.2 Å². The first-order chi connectivity index (χ1) is 7.13. The molecular weight excluding hydrogens is 324 g/mol. The molecule has 1 N–H and O–H groups in total. The Labute approximate surface area is 109 Å². The topological polar surface area (TPSA) is 29.1 Å². The van der Waals surface area contributed by atoms with Crippen molar-refractivity contribution < 1.29 is 4.79 Å². The summed E-state index contributed by atoms with van der Waals surface area (Å²) in [5.41, 5.74) is 0.698. The van der Waals surface area contributed by atoms with Crippen molar-refractivity contribution >= 4 is 40.1 Å². The highest BCUT2D eigenvalue weighted by Crippen LogP contribution is 2.08. The predicted octanol–water partition coefficient (Wildman–Crippen LogP) is 3.04. The number of hydrogen-bond donors (Lipinski definition) is 1. The van der Waals surface area contributed by atoms with E-state index in [1.807, 2.05) is 31.2 Å². The maximum absolute atomic E-state index is 11.7. The van der Waals surface area contributed by atoms with E-state index in [2.05, 4.69) is 27.9 Å². The van der Waals surface area contributed by atoms with E-state index in [9.17, 15) is 4.79 Å². The van der Waals surface area contributed by atoms with Crippen LogP contribution in [0.4, 0.5) is 0 Å². The molecule has 1 atom stereocenters. The van der Waals surface area contributed by atoms with Crippen LogP contribution in [0.2, 0.25) is 0 Å². The average Bonchev–Trinajstić information content (AvgIpc) is 2.18. The van der Waals surface area contributed by atoms with Crippen LogP contribution in [0.5, 0.6) is 0 Å². The number of amides is 1. The van der Waals surface area contributed by atoms with Crippen LogP contribution in [0.25, 0.3) is 0 Å². The van der Waals surface area contributed by atoms with Gasteiger partial charge in [-0.3, -0.25) is 4.79 Å². The van der Waals surface area contributed by atoms with Gasteiger partial charge in [-0.05, 0) is 54.1 Å². The van der Waals surface area contributed by atoms with Crippen molar-refractivity contribution in [1.29, 1.82) is 0 Å². The molecule has 0 fully saturated rings. The molecule has 0 aliphatic rings. The summed E-state index contributed by atoms with van der Waals surface area (Å²) in [6.07, 6.45) is 0.789. The first-order valence-electron chi connectivity index (χ1n) is 4.76. The number of carbonyl (C=O) groups excluding carboxylic acids is 1. The molecule has 0 aromatic heterocycles. The summed E-state index contributed by atoms with van der Waals surface area (Å²) in [6, 6.07) is 7.63. The van der Waals surface area contributed by atoms with Gasteiger partial charge in [0.15, 0.2) is 0 Å². The highest BCUT2D eigenvalue weighted by atomic mass is 127.